The number of rotatable bonds is 3. The molecular formula is C18AgF15P. The molecule has 0 aromatic heterocycles. The second-order valence-corrected chi connectivity index (χ2v) is 8.10. The van der Waals surface area contributed by atoms with Gasteiger partial charge in [-0.05, 0) is 0 Å². The molecule has 0 heterocycles. The Morgan fingerprint density at radius 1 is 0.229 bits per heavy atom. The molecule has 0 N–H and O–H groups in total. The summed E-state index contributed by atoms with van der Waals surface area (Å²) in [5, 5.41) is -7.84. The van der Waals surface area contributed by atoms with Crippen LogP contribution < -0.4 is 15.9 Å². The zero-order valence-corrected chi connectivity index (χ0v) is 17.8. The molecule has 3 aromatic carbocycles. The van der Waals surface area contributed by atoms with Gasteiger partial charge >= 0.3 is 0 Å². The molecule has 0 bridgehead atoms. The summed E-state index contributed by atoms with van der Waals surface area (Å²) >= 11 is 0. The molecule has 0 aliphatic rings. The van der Waals surface area contributed by atoms with E-state index in [4.69, 9.17) is 0 Å². The quantitative estimate of drug-likeness (QED) is 0.116. The fourth-order valence-corrected chi connectivity index (χ4v) is 5.14. The Kier molecular flexibility index (Phi) is 8.32. The molecule has 0 nitrogen and oxygen atoms in total. The van der Waals surface area contributed by atoms with E-state index in [1.54, 1.807) is 0 Å². The number of benzene rings is 3. The van der Waals surface area contributed by atoms with Crippen LogP contribution in [0.5, 0.6) is 0 Å². The molecule has 3 rings (SSSR count). The summed E-state index contributed by atoms with van der Waals surface area (Å²) in [6, 6.07) is 0. The van der Waals surface area contributed by atoms with E-state index in [2.05, 4.69) is 0 Å². The van der Waals surface area contributed by atoms with E-state index in [0.717, 1.165) is 0 Å². The topological polar surface area (TPSA) is 0 Å². The summed E-state index contributed by atoms with van der Waals surface area (Å²) in [6.07, 6.45) is 0. The molecule has 0 unspecified atom stereocenters. The Bertz CT molecular complexity index is 1120. The van der Waals surface area contributed by atoms with E-state index >= 15 is 0 Å². The van der Waals surface area contributed by atoms with E-state index in [1.165, 1.54) is 0 Å². The van der Waals surface area contributed by atoms with Crippen LogP contribution in [0.1, 0.15) is 0 Å². The summed E-state index contributed by atoms with van der Waals surface area (Å²) in [6.45, 7) is 0. The van der Waals surface area contributed by atoms with Crippen molar-refractivity contribution in [1.29, 1.82) is 0 Å². The zero-order chi connectivity index (χ0) is 26.0. The molecule has 0 spiro atoms. The van der Waals surface area contributed by atoms with Gasteiger partial charge in [0.05, 0.1) is 15.9 Å². The predicted octanol–water partition coefficient (Wildman–Crippen LogP) is 5.53. The Morgan fingerprint density at radius 3 is 0.486 bits per heavy atom. The van der Waals surface area contributed by atoms with Crippen LogP contribution in [-0.4, -0.2) is 0 Å². The van der Waals surface area contributed by atoms with Crippen molar-refractivity contribution < 1.29 is 88.2 Å². The molecule has 1 radical (unpaired) electrons. The Labute approximate surface area is 199 Å². The molecule has 35 heavy (non-hydrogen) atoms. The van der Waals surface area contributed by atoms with Crippen molar-refractivity contribution in [1.82, 2.24) is 0 Å². The second-order valence-electron chi connectivity index (χ2n) is 6.09. The SMILES string of the molecule is Fc1c(F)c(F)c(P(c2c(F)c(F)c(F)c(F)c2F)c2c(F)c(F)c(F)c(F)c2F)c(F)c1F.[Ag]. The molecule has 0 aliphatic heterocycles. The Morgan fingerprint density at radius 2 is 0.343 bits per heavy atom. The zero-order valence-electron chi connectivity index (χ0n) is 15.4. The molecular weight excluding hydrogens is 640 g/mol. The molecule has 0 amide bonds. The standard InChI is InChI=1S/C18F15P.Ag/c19-1-4(22)10(28)16(11(29)5(1)23)34(17-12(30)6(24)2(20)7(25)13(17)31)18-14(32)8(26)3(21)9(27)15(18)33;. The van der Waals surface area contributed by atoms with Crippen molar-refractivity contribution in [2.75, 3.05) is 0 Å². The fraction of sp³-hybridized carbons (Fsp3) is 0. The van der Waals surface area contributed by atoms with Crippen LogP contribution in [0.15, 0.2) is 0 Å². The predicted molar refractivity (Wildman–Crippen MR) is 84.5 cm³/mol. The largest absolute Gasteiger partial charge is 0.203 e. The first-order valence-corrected chi connectivity index (χ1v) is 9.35. The first-order valence-electron chi connectivity index (χ1n) is 8.01. The molecule has 17 heteroatoms. The summed E-state index contributed by atoms with van der Waals surface area (Å²) in [7, 11) is -4.90. The van der Waals surface area contributed by atoms with E-state index < -0.39 is 111 Å². The Hall–Kier alpha value is -2.22. The molecule has 0 fully saturated rings. The minimum absolute atomic E-state index is 0. The summed E-state index contributed by atoms with van der Waals surface area (Å²) in [5.41, 5.74) is 0. The number of hydrogen-bond acceptors (Lipinski definition) is 0. The molecule has 0 aliphatic carbocycles. The van der Waals surface area contributed by atoms with E-state index in [0.29, 0.717) is 0 Å². The van der Waals surface area contributed by atoms with Gasteiger partial charge in [-0.15, -0.1) is 0 Å². The van der Waals surface area contributed by atoms with Gasteiger partial charge in [-0.2, -0.15) is 0 Å². The smallest absolute Gasteiger partial charge is 0.200 e. The molecule has 193 valence electrons. The number of halogens is 15. The summed E-state index contributed by atoms with van der Waals surface area (Å²) < 4.78 is 209. The summed E-state index contributed by atoms with van der Waals surface area (Å²) in [4.78, 5) is 0. The van der Waals surface area contributed by atoms with Crippen LogP contribution >= 0.6 is 7.92 Å². The molecule has 3 aromatic rings. The van der Waals surface area contributed by atoms with Crippen LogP contribution in [0, 0.1) is 87.3 Å². The average Bonchev–Trinajstić information content (AvgIpc) is 2.81. The van der Waals surface area contributed by atoms with Gasteiger partial charge < -0.3 is 0 Å². The van der Waals surface area contributed by atoms with Gasteiger partial charge in [0.1, 0.15) is 0 Å². The van der Waals surface area contributed by atoms with Crippen molar-refractivity contribution in [2.45, 2.75) is 0 Å². The maximum Gasteiger partial charge on any atom is 0.200 e. The maximum atomic E-state index is 14.4. The first kappa shape index (κ1) is 29.0. The van der Waals surface area contributed by atoms with Crippen molar-refractivity contribution in [3.63, 3.8) is 0 Å². The van der Waals surface area contributed by atoms with E-state index in [1.807, 2.05) is 0 Å². The maximum absolute atomic E-state index is 14.4. The third-order valence-electron chi connectivity index (χ3n) is 4.23. The fourth-order valence-electron chi connectivity index (χ4n) is 2.70. The van der Waals surface area contributed by atoms with Gasteiger partial charge in [-0.25, -0.2) is 65.9 Å². The first-order chi connectivity index (χ1) is 15.7. The third kappa shape index (κ3) is 4.21. The molecule has 0 saturated heterocycles. The van der Waals surface area contributed by atoms with Crippen molar-refractivity contribution >= 4 is 23.8 Å². The van der Waals surface area contributed by atoms with Gasteiger partial charge in [0, 0.05) is 30.3 Å². The van der Waals surface area contributed by atoms with Crippen molar-refractivity contribution in [2.24, 2.45) is 0 Å². The summed E-state index contributed by atoms with van der Waals surface area (Å²) in [5.74, 6) is -44.9. The van der Waals surface area contributed by atoms with Crippen LogP contribution in [0.2, 0.25) is 0 Å². The molecule has 0 saturated carbocycles. The minimum Gasteiger partial charge on any atom is -0.203 e. The number of hydrogen-bond donors (Lipinski definition) is 0. The van der Waals surface area contributed by atoms with Gasteiger partial charge in [0.25, 0.3) is 0 Å². The van der Waals surface area contributed by atoms with Gasteiger partial charge in [0.2, 0.25) is 17.5 Å². The normalized spacial score (nSPS) is 11.3. The second kappa shape index (κ2) is 10.0. The average molecular weight is 640 g/mol. The third-order valence-corrected chi connectivity index (χ3v) is 6.75. The monoisotopic (exact) mass is 639 g/mol. The van der Waals surface area contributed by atoms with Crippen LogP contribution in [-0.2, 0) is 22.4 Å². The molecule has 0 atom stereocenters. The van der Waals surface area contributed by atoms with E-state index in [-0.39, 0.29) is 22.4 Å². The van der Waals surface area contributed by atoms with Gasteiger partial charge in [-0.3, -0.25) is 0 Å². The minimum atomic E-state index is -4.90. The van der Waals surface area contributed by atoms with Crippen molar-refractivity contribution in [3.05, 3.63) is 87.3 Å². The van der Waals surface area contributed by atoms with Crippen LogP contribution in [0.4, 0.5) is 65.9 Å². The van der Waals surface area contributed by atoms with Crippen LogP contribution in [0.25, 0.3) is 0 Å². The van der Waals surface area contributed by atoms with Gasteiger partial charge in [-0.1, -0.05) is 0 Å². The Balaban J connectivity index is 0.00000432. The van der Waals surface area contributed by atoms with E-state index in [9.17, 15) is 65.9 Å². The van der Waals surface area contributed by atoms with Crippen molar-refractivity contribution in [3.8, 4) is 0 Å². The van der Waals surface area contributed by atoms with Crippen LogP contribution in [0.3, 0.4) is 0 Å². The van der Waals surface area contributed by atoms with Gasteiger partial charge in [0.15, 0.2) is 69.8 Å².